The summed E-state index contributed by atoms with van der Waals surface area (Å²) in [6, 6.07) is 27.4. The second-order valence-electron chi connectivity index (χ2n) is 8.41. The minimum absolute atomic E-state index is 0.000977. The summed E-state index contributed by atoms with van der Waals surface area (Å²) < 4.78 is 7.52. The van der Waals surface area contributed by atoms with E-state index in [1.165, 1.54) is 12.1 Å². The molecule has 0 amide bonds. The van der Waals surface area contributed by atoms with Crippen molar-refractivity contribution < 1.29 is 19.2 Å². The molecule has 39 heavy (non-hydrogen) atoms. The predicted molar refractivity (Wildman–Crippen MR) is 148 cm³/mol. The molecule has 0 unspecified atom stereocenters. The van der Waals surface area contributed by atoms with Gasteiger partial charge in [-0.05, 0) is 47.2 Å². The van der Waals surface area contributed by atoms with E-state index in [2.05, 4.69) is 10.2 Å². The summed E-state index contributed by atoms with van der Waals surface area (Å²) in [4.78, 5) is 23.2. The van der Waals surface area contributed by atoms with E-state index in [1.807, 2.05) is 78.2 Å². The zero-order valence-corrected chi connectivity index (χ0v) is 21.5. The highest BCUT2D eigenvalue weighted by molar-refractivity contribution is 8.03. The molecular weight excluding hydrogens is 516 g/mol. The molecule has 5 aromatic rings. The van der Waals surface area contributed by atoms with Gasteiger partial charge in [0.15, 0.2) is 0 Å². The van der Waals surface area contributed by atoms with Gasteiger partial charge in [0.1, 0.15) is 4.91 Å². The molecule has 9 nitrogen and oxygen atoms in total. The van der Waals surface area contributed by atoms with E-state index in [-0.39, 0.29) is 15.8 Å². The maximum absolute atomic E-state index is 12.3. The van der Waals surface area contributed by atoms with Gasteiger partial charge in [-0.15, -0.1) is 10.2 Å². The van der Waals surface area contributed by atoms with Crippen molar-refractivity contribution in [1.29, 1.82) is 0 Å². The Morgan fingerprint density at radius 3 is 2.21 bits per heavy atom. The maximum atomic E-state index is 12.3. The number of benzene rings is 3. The summed E-state index contributed by atoms with van der Waals surface area (Å²) in [7, 11) is 0. The van der Waals surface area contributed by atoms with Crippen LogP contribution in [0.5, 0.6) is 0 Å². The summed E-state index contributed by atoms with van der Waals surface area (Å²) in [5.41, 5.74) is 4.54. The van der Waals surface area contributed by atoms with Crippen LogP contribution in [0, 0.1) is 10.1 Å². The molecule has 0 bridgehead atoms. The van der Waals surface area contributed by atoms with Crippen molar-refractivity contribution in [2.24, 2.45) is 0 Å². The number of aryl methyl sites for hydroxylation is 1. The van der Waals surface area contributed by atoms with Gasteiger partial charge >= 0.3 is 5.97 Å². The minimum atomic E-state index is -1.14. The van der Waals surface area contributed by atoms with Crippen LogP contribution in [-0.2, 0) is 11.2 Å². The fourth-order valence-corrected chi connectivity index (χ4v) is 4.82. The number of hydrogen-bond acceptors (Lipinski definition) is 7. The summed E-state index contributed by atoms with van der Waals surface area (Å²) in [5, 5.41) is 29.4. The molecule has 0 saturated heterocycles. The lowest BCUT2D eigenvalue weighted by Crippen LogP contribution is -2.01. The summed E-state index contributed by atoms with van der Waals surface area (Å²) in [6.45, 7) is 1.87. The van der Waals surface area contributed by atoms with Gasteiger partial charge in [0.05, 0.1) is 16.3 Å². The van der Waals surface area contributed by atoms with E-state index < -0.39 is 10.9 Å². The molecule has 1 N–H and O–H groups in total. The fraction of sp³-hybridized carbons (Fsp3) is 0.0690. The standard InChI is InChI=1S/C29H22N4O5S/c1-2-26-30-31-29(38-26)39-25(28(34)35)18-21-17-24(19-9-5-3-6-10-19)32(27(21)20-11-7-4-8-12-20)22-13-15-23(16-14-22)33(36)37/h3-18H,2H2,1H3,(H,34,35)/b25-18-. The van der Waals surface area contributed by atoms with Gasteiger partial charge in [0, 0.05) is 29.8 Å². The molecule has 0 aliphatic rings. The zero-order valence-electron chi connectivity index (χ0n) is 20.7. The first-order valence-corrected chi connectivity index (χ1v) is 12.8. The van der Waals surface area contributed by atoms with E-state index >= 15 is 0 Å². The van der Waals surface area contributed by atoms with Gasteiger partial charge in [0.2, 0.25) is 5.89 Å². The smallest absolute Gasteiger partial charge is 0.342 e. The third kappa shape index (κ3) is 5.51. The Labute approximate surface area is 227 Å². The molecular formula is C29H22N4O5S. The van der Waals surface area contributed by atoms with E-state index in [0.717, 1.165) is 34.3 Å². The quantitative estimate of drug-likeness (QED) is 0.0932. The molecule has 0 aliphatic heterocycles. The number of nitrogens with zero attached hydrogens (tertiary/aromatic N) is 4. The number of aliphatic carboxylic acids is 1. The van der Waals surface area contributed by atoms with E-state index in [0.29, 0.717) is 23.6 Å². The van der Waals surface area contributed by atoms with Crippen LogP contribution in [0.1, 0.15) is 18.4 Å². The fourth-order valence-electron chi connectivity index (χ4n) is 4.14. The number of nitro benzene ring substituents is 1. The molecule has 0 aliphatic carbocycles. The first kappa shape index (κ1) is 25.7. The second-order valence-corrected chi connectivity index (χ2v) is 9.40. The maximum Gasteiger partial charge on any atom is 0.342 e. The van der Waals surface area contributed by atoms with Crippen molar-refractivity contribution in [3.05, 3.63) is 117 Å². The second kappa shape index (κ2) is 11.2. The van der Waals surface area contributed by atoms with E-state index in [1.54, 1.807) is 18.2 Å². The normalized spacial score (nSPS) is 11.5. The van der Waals surface area contributed by atoms with Crippen LogP contribution in [0.15, 0.2) is 106 Å². The van der Waals surface area contributed by atoms with Crippen molar-refractivity contribution in [2.75, 3.05) is 0 Å². The monoisotopic (exact) mass is 538 g/mol. The van der Waals surface area contributed by atoms with Gasteiger partial charge < -0.3 is 14.1 Å². The number of carboxylic acid groups (broad SMARTS) is 1. The Hall–Kier alpha value is -4.96. The average Bonchev–Trinajstić information content (AvgIpc) is 3.58. The highest BCUT2D eigenvalue weighted by Crippen LogP contribution is 2.39. The largest absolute Gasteiger partial charge is 0.477 e. The molecule has 0 saturated carbocycles. The van der Waals surface area contributed by atoms with E-state index in [4.69, 9.17) is 4.42 Å². The SMILES string of the molecule is CCc1nnc(S/C(=C\c2cc(-c3ccccc3)n(-c3ccc([N+](=O)[O-])cc3)c2-c2ccccc2)C(=O)O)o1. The Morgan fingerprint density at radius 1 is 1.00 bits per heavy atom. The van der Waals surface area contributed by atoms with Gasteiger partial charge in [-0.1, -0.05) is 67.6 Å². The van der Waals surface area contributed by atoms with Crippen LogP contribution in [0.4, 0.5) is 5.69 Å². The van der Waals surface area contributed by atoms with Crippen LogP contribution in [-0.4, -0.2) is 30.8 Å². The van der Waals surface area contributed by atoms with Crippen molar-refractivity contribution in [2.45, 2.75) is 18.6 Å². The molecule has 2 heterocycles. The number of aromatic nitrogens is 3. The van der Waals surface area contributed by atoms with Crippen molar-refractivity contribution in [3.63, 3.8) is 0 Å². The average molecular weight is 539 g/mol. The van der Waals surface area contributed by atoms with Crippen LogP contribution in [0.2, 0.25) is 0 Å². The molecule has 5 rings (SSSR count). The van der Waals surface area contributed by atoms with Crippen molar-refractivity contribution in [3.8, 4) is 28.2 Å². The molecule has 3 aromatic carbocycles. The lowest BCUT2D eigenvalue weighted by molar-refractivity contribution is -0.384. The molecule has 0 spiro atoms. The minimum Gasteiger partial charge on any atom is -0.477 e. The number of thioether (sulfide) groups is 1. The number of carboxylic acids is 1. The Morgan fingerprint density at radius 2 is 1.64 bits per heavy atom. The topological polar surface area (TPSA) is 124 Å². The molecule has 0 radical (unpaired) electrons. The van der Waals surface area contributed by atoms with Gasteiger partial charge in [-0.3, -0.25) is 10.1 Å². The summed E-state index contributed by atoms with van der Waals surface area (Å²) in [6.07, 6.45) is 2.12. The number of hydrogen-bond donors (Lipinski definition) is 1. The number of nitro groups is 1. The first-order chi connectivity index (χ1) is 18.9. The highest BCUT2D eigenvalue weighted by Gasteiger charge is 2.22. The molecule has 2 aromatic heterocycles. The molecule has 194 valence electrons. The summed E-state index contributed by atoms with van der Waals surface area (Å²) in [5.74, 6) is -0.720. The Kier molecular flexibility index (Phi) is 7.37. The zero-order chi connectivity index (χ0) is 27.4. The number of non-ortho nitro benzene ring substituents is 1. The van der Waals surface area contributed by atoms with Crippen LogP contribution < -0.4 is 0 Å². The first-order valence-electron chi connectivity index (χ1n) is 12.0. The van der Waals surface area contributed by atoms with Crippen LogP contribution >= 0.6 is 11.8 Å². The lowest BCUT2D eigenvalue weighted by atomic mass is 10.1. The molecule has 10 heteroatoms. The van der Waals surface area contributed by atoms with Crippen molar-refractivity contribution >= 4 is 29.5 Å². The predicted octanol–water partition coefficient (Wildman–Crippen LogP) is 6.88. The number of carbonyl (C=O) groups is 1. The molecule has 0 fully saturated rings. The van der Waals surface area contributed by atoms with Crippen LogP contribution in [0.3, 0.4) is 0 Å². The number of rotatable bonds is 9. The van der Waals surface area contributed by atoms with Gasteiger partial charge in [-0.2, -0.15) is 0 Å². The van der Waals surface area contributed by atoms with Gasteiger partial charge in [-0.25, -0.2) is 4.79 Å². The summed E-state index contributed by atoms with van der Waals surface area (Å²) >= 11 is 0.881. The van der Waals surface area contributed by atoms with E-state index in [9.17, 15) is 20.0 Å². The lowest BCUT2D eigenvalue weighted by Gasteiger charge is -2.15. The molecule has 0 atom stereocenters. The Bertz CT molecular complexity index is 1660. The third-order valence-corrected chi connectivity index (χ3v) is 6.76. The highest BCUT2D eigenvalue weighted by atomic mass is 32.2. The Balaban J connectivity index is 1.76. The van der Waals surface area contributed by atoms with Crippen LogP contribution in [0.25, 0.3) is 34.3 Å². The van der Waals surface area contributed by atoms with Crippen molar-refractivity contribution in [1.82, 2.24) is 14.8 Å². The third-order valence-electron chi connectivity index (χ3n) is 5.91. The van der Waals surface area contributed by atoms with Gasteiger partial charge in [0.25, 0.3) is 10.9 Å².